The molecule has 0 bridgehead atoms. The Morgan fingerprint density at radius 3 is 2.38 bits per heavy atom. The highest BCUT2D eigenvalue weighted by Gasteiger charge is 2.27. The van der Waals surface area contributed by atoms with Crippen LogP contribution in [0.15, 0.2) is 53.4 Å². The van der Waals surface area contributed by atoms with Gasteiger partial charge in [0.1, 0.15) is 5.60 Å². The van der Waals surface area contributed by atoms with Crippen LogP contribution in [0.25, 0.3) is 0 Å². The molecule has 1 aliphatic rings. The first-order valence-corrected chi connectivity index (χ1v) is 12.4. The number of rotatable bonds is 6. The minimum absolute atomic E-state index is 0.191. The number of aryl methyl sites for hydroxylation is 1. The molecule has 0 radical (unpaired) electrons. The summed E-state index contributed by atoms with van der Waals surface area (Å²) in [6, 6.07) is 14.3. The van der Waals surface area contributed by atoms with Crippen molar-refractivity contribution >= 4 is 21.8 Å². The molecule has 1 unspecified atom stereocenters. The highest BCUT2D eigenvalue weighted by molar-refractivity contribution is 7.92. The molecule has 0 aromatic heterocycles. The highest BCUT2D eigenvalue weighted by atomic mass is 32.2. The average molecular weight is 460 g/mol. The highest BCUT2D eigenvalue weighted by Crippen LogP contribution is 2.19. The van der Waals surface area contributed by atoms with Gasteiger partial charge < -0.3 is 15.0 Å². The molecular formula is C24H33N3O4S. The van der Waals surface area contributed by atoms with Gasteiger partial charge in [-0.05, 0) is 70.4 Å². The number of nitrogens with one attached hydrogen (secondary N) is 2. The fraction of sp³-hybridized carbons (Fsp3) is 0.458. The van der Waals surface area contributed by atoms with Gasteiger partial charge in [-0.25, -0.2) is 13.2 Å². The minimum Gasteiger partial charge on any atom is -0.444 e. The van der Waals surface area contributed by atoms with Crippen molar-refractivity contribution in [1.82, 2.24) is 10.2 Å². The van der Waals surface area contributed by atoms with Crippen molar-refractivity contribution < 1.29 is 17.9 Å². The molecule has 3 rings (SSSR count). The number of benzene rings is 2. The van der Waals surface area contributed by atoms with Gasteiger partial charge in [-0.15, -0.1) is 0 Å². The number of likely N-dealkylation sites (tertiary alicyclic amines) is 1. The molecule has 1 amide bonds. The molecule has 1 saturated heterocycles. The number of ether oxygens (including phenoxy) is 1. The van der Waals surface area contributed by atoms with E-state index in [4.69, 9.17) is 4.74 Å². The molecule has 1 heterocycles. The maximum Gasteiger partial charge on any atom is 0.410 e. The fourth-order valence-corrected chi connectivity index (χ4v) is 4.58. The van der Waals surface area contributed by atoms with Crippen LogP contribution in [0.3, 0.4) is 0 Å². The minimum atomic E-state index is -3.61. The second-order valence-electron chi connectivity index (χ2n) is 9.26. The zero-order chi connectivity index (χ0) is 23.4. The van der Waals surface area contributed by atoms with Crippen LogP contribution in [0.1, 0.15) is 44.7 Å². The molecule has 1 fully saturated rings. The molecule has 0 aliphatic carbocycles. The van der Waals surface area contributed by atoms with Crippen molar-refractivity contribution in [3.63, 3.8) is 0 Å². The molecule has 174 valence electrons. The largest absolute Gasteiger partial charge is 0.444 e. The van der Waals surface area contributed by atoms with Crippen molar-refractivity contribution in [2.75, 3.05) is 17.8 Å². The quantitative estimate of drug-likeness (QED) is 0.673. The van der Waals surface area contributed by atoms with Gasteiger partial charge in [0.2, 0.25) is 0 Å². The van der Waals surface area contributed by atoms with Crippen LogP contribution >= 0.6 is 0 Å². The first-order valence-electron chi connectivity index (χ1n) is 10.9. The monoisotopic (exact) mass is 459 g/mol. The number of sulfonamides is 1. The first kappa shape index (κ1) is 24.1. The Morgan fingerprint density at radius 2 is 1.75 bits per heavy atom. The van der Waals surface area contributed by atoms with Gasteiger partial charge in [-0.1, -0.05) is 29.8 Å². The Morgan fingerprint density at radius 1 is 1.09 bits per heavy atom. The molecule has 0 spiro atoms. The smallest absolute Gasteiger partial charge is 0.410 e. The predicted molar refractivity (Wildman–Crippen MR) is 126 cm³/mol. The van der Waals surface area contributed by atoms with Crippen LogP contribution in [-0.4, -0.2) is 44.1 Å². The predicted octanol–water partition coefficient (Wildman–Crippen LogP) is 4.28. The second-order valence-corrected chi connectivity index (χ2v) is 10.9. The molecule has 2 aromatic carbocycles. The molecule has 7 nitrogen and oxygen atoms in total. The van der Waals surface area contributed by atoms with Crippen molar-refractivity contribution in [1.29, 1.82) is 0 Å². The van der Waals surface area contributed by atoms with E-state index in [9.17, 15) is 13.2 Å². The Kier molecular flexibility index (Phi) is 7.46. The lowest BCUT2D eigenvalue weighted by atomic mass is 10.1. The van der Waals surface area contributed by atoms with E-state index in [1.165, 1.54) is 0 Å². The molecule has 2 aromatic rings. The SMILES string of the molecule is Cc1ccc(S(=O)(=O)Nc2ccc(CNC3CCCN(C(=O)OC(C)(C)C)C3)cc2)cc1. The van der Waals surface area contributed by atoms with Crippen molar-refractivity contribution in [3.8, 4) is 0 Å². The third-order valence-corrected chi connectivity index (χ3v) is 6.60. The number of amides is 1. The van der Waals surface area contributed by atoms with Crippen molar-refractivity contribution in [3.05, 3.63) is 59.7 Å². The Hall–Kier alpha value is -2.58. The summed E-state index contributed by atoms with van der Waals surface area (Å²) >= 11 is 0. The normalized spacial score (nSPS) is 17.1. The Bertz CT molecular complexity index is 1010. The summed E-state index contributed by atoms with van der Waals surface area (Å²) in [5.41, 5.74) is 2.06. The van der Waals surface area contributed by atoms with E-state index in [-0.39, 0.29) is 17.0 Å². The van der Waals surface area contributed by atoms with Gasteiger partial charge in [-0.3, -0.25) is 4.72 Å². The van der Waals surface area contributed by atoms with E-state index in [2.05, 4.69) is 10.0 Å². The second kappa shape index (κ2) is 9.92. The van der Waals surface area contributed by atoms with Gasteiger partial charge in [0.15, 0.2) is 0 Å². The maximum absolute atomic E-state index is 12.5. The van der Waals surface area contributed by atoms with Crippen LogP contribution in [-0.2, 0) is 21.3 Å². The summed E-state index contributed by atoms with van der Waals surface area (Å²) in [4.78, 5) is 14.3. The number of nitrogens with zero attached hydrogens (tertiary/aromatic N) is 1. The maximum atomic E-state index is 12.5. The Labute approximate surface area is 191 Å². The fourth-order valence-electron chi connectivity index (χ4n) is 3.52. The summed E-state index contributed by atoms with van der Waals surface area (Å²) in [6.45, 7) is 9.49. The van der Waals surface area contributed by atoms with Crippen LogP contribution in [0, 0.1) is 6.92 Å². The lowest BCUT2D eigenvalue weighted by molar-refractivity contribution is 0.0187. The summed E-state index contributed by atoms with van der Waals surface area (Å²) in [5, 5.41) is 3.50. The van der Waals surface area contributed by atoms with E-state index in [0.29, 0.717) is 25.3 Å². The van der Waals surface area contributed by atoms with E-state index in [0.717, 1.165) is 24.0 Å². The Balaban J connectivity index is 1.52. The van der Waals surface area contributed by atoms with Crippen LogP contribution in [0.5, 0.6) is 0 Å². The number of hydrogen-bond acceptors (Lipinski definition) is 5. The summed E-state index contributed by atoms with van der Waals surface area (Å²) in [7, 11) is -3.61. The topological polar surface area (TPSA) is 87.7 Å². The van der Waals surface area contributed by atoms with Crippen LogP contribution < -0.4 is 10.0 Å². The van der Waals surface area contributed by atoms with Gasteiger partial charge in [0, 0.05) is 31.4 Å². The lowest BCUT2D eigenvalue weighted by Gasteiger charge is -2.34. The number of carbonyl (C=O) groups excluding carboxylic acids is 1. The summed E-state index contributed by atoms with van der Waals surface area (Å²) in [5.74, 6) is 0. The number of piperidine rings is 1. The van der Waals surface area contributed by atoms with Crippen molar-refractivity contribution in [2.24, 2.45) is 0 Å². The van der Waals surface area contributed by atoms with Gasteiger partial charge in [-0.2, -0.15) is 0 Å². The van der Waals surface area contributed by atoms with Gasteiger partial charge >= 0.3 is 6.09 Å². The van der Waals surface area contributed by atoms with Crippen LogP contribution in [0.4, 0.5) is 10.5 Å². The summed E-state index contributed by atoms with van der Waals surface area (Å²) in [6.07, 6.45) is 1.65. The molecule has 1 atom stereocenters. The van der Waals surface area contributed by atoms with E-state index < -0.39 is 15.6 Å². The van der Waals surface area contributed by atoms with Crippen LogP contribution in [0.2, 0.25) is 0 Å². The average Bonchev–Trinajstić information content (AvgIpc) is 2.72. The van der Waals surface area contributed by atoms with E-state index >= 15 is 0 Å². The molecule has 1 aliphatic heterocycles. The van der Waals surface area contributed by atoms with Gasteiger partial charge in [0.25, 0.3) is 10.0 Å². The molecule has 32 heavy (non-hydrogen) atoms. The van der Waals surface area contributed by atoms with E-state index in [1.807, 2.05) is 39.8 Å². The number of carbonyl (C=O) groups is 1. The van der Waals surface area contributed by atoms with E-state index in [1.54, 1.807) is 41.3 Å². The standard InChI is InChI=1S/C24H33N3O4S/c1-18-7-13-22(14-8-18)32(29,30)26-20-11-9-19(10-12-20)16-25-21-6-5-15-27(17-21)23(28)31-24(2,3)4/h7-14,21,25-26H,5-6,15-17H2,1-4H3. The molecule has 8 heteroatoms. The van der Waals surface area contributed by atoms with Gasteiger partial charge in [0.05, 0.1) is 4.90 Å². The molecular weight excluding hydrogens is 426 g/mol. The molecule has 0 saturated carbocycles. The number of hydrogen-bond donors (Lipinski definition) is 2. The van der Waals surface area contributed by atoms with Crippen molar-refractivity contribution in [2.45, 2.75) is 63.6 Å². The first-order chi connectivity index (χ1) is 15.0. The molecule has 2 N–H and O–H groups in total. The number of anilines is 1. The third kappa shape index (κ3) is 6.97. The summed E-state index contributed by atoms with van der Waals surface area (Å²) < 4.78 is 33.2. The zero-order valence-corrected chi connectivity index (χ0v) is 20.0. The third-order valence-electron chi connectivity index (χ3n) is 5.21. The lowest BCUT2D eigenvalue weighted by Crippen LogP contribution is -2.49. The zero-order valence-electron chi connectivity index (χ0n) is 19.2.